The minimum Gasteiger partial charge on any atom is -0.461 e. The smallest absolute Gasteiger partial charge is 0.358 e. The molecule has 1 aromatic heterocycles. The topological polar surface area (TPSA) is 154 Å². The van der Waals surface area contributed by atoms with Gasteiger partial charge >= 0.3 is 5.97 Å². The molecule has 3 rings (SSSR count). The van der Waals surface area contributed by atoms with Crippen molar-refractivity contribution in [1.82, 2.24) is 15.0 Å². The molecular weight excluding hydrogens is 561 g/mol. The van der Waals surface area contributed by atoms with Crippen molar-refractivity contribution in [3.63, 3.8) is 0 Å². The van der Waals surface area contributed by atoms with Crippen molar-refractivity contribution >= 4 is 32.7 Å². The van der Waals surface area contributed by atoms with Crippen LogP contribution in [0.5, 0.6) is 0 Å². The summed E-state index contributed by atoms with van der Waals surface area (Å²) in [6, 6.07) is 0. The molecule has 0 aromatic carbocycles. The molecular formula is C24H44N4O8SSi2. The molecule has 0 aliphatic carbocycles. The second kappa shape index (κ2) is 10.3. The lowest BCUT2D eigenvalue weighted by atomic mass is 9.89. The highest BCUT2D eigenvalue weighted by molar-refractivity contribution is 7.90. The summed E-state index contributed by atoms with van der Waals surface area (Å²) in [4.78, 5) is 12.8. The minimum atomic E-state index is -4.17. The molecule has 4 unspecified atom stereocenters. The molecule has 0 bridgehead atoms. The fraction of sp³-hybridized carbons (Fsp3) is 0.792. The first-order chi connectivity index (χ1) is 17.6. The molecule has 222 valence electrons. The van der Waals surface area contributed by atoms with E-state index in [1.165, 1.54) is 10.9 Å². The molecule has 4 atom stereocenters. The maximum atomic E-state index is 12.9. The van der Waals surface area contributed by atoms with Gasteiger partial charge in [-0.2, -0.15) is 8.42 Å². The molecule has 39 heavy (non-hydrogen) atoms. The lowest BCUT2D eigenvalue weighted by Gasteiger charge is -2.43. The lowest BCUT2D eigenvalue weighted by Crippen LogP contribution is -2.59. The molecule has 1 saturated heterocycles. The van der Waals surface area contributed by atoms with Gasteiger partial charge in [-0.25, -0.2) is 13.7 Å². The summed E-state index contributed by atoms with van der Waals surface area (Å²) in [7, 11) is -9.10. The second-order valence-corrected chi connectivity index (χ2v) is 24.1. The Morgan fingerprint density at radius 3 is 2.21 bits per heavy atom. The van der Waals surface area contributed by atoms with Gasteiger partial charge in [0, 0.05) is 0 Å². The fourth-order valence-corrected chi connectivity index (χ4v) is 7.48. The van der Waals surface area contributed by atoms with Gasteiger partial charge < -0.3 is 24.1 Å². The number of carbonyl (C=O) groups excluding carboxylic acids is 1. The van der Waals surface area contributed by atoms with Gasteiger partial charge in [0.25, 0.3) is 10.1 Å². The molecule has 0 saturated carbocycles. The summed E-state index contributed by atoms with van der Waals surface area (Å²) in [6.45, 7) is 22.5. The molecule has 2 N–H and O–H groups in total. The van der Waals surface area contributed by atoms with Gasteiger partial charge in [-0.3, -0.25) is 0 Å². The Kier molecular flexibility index (Phi) is 8.45. The van der Waals surface area contributed by atoms with Crippen LogP contribution >= 0.6 is 0 Å². The number of hydrogen-bond donors (Lipinski definition) is 1. The lowest BCUT2D eigenvalue weighted by molar-refractivity contribution is -0.0606. The van der Waals surface area contributed by atoms with E-state index in [0.717, 1.165) is 5.41 Å². The van der Waals surface area contributed by atoms with E-state index in [9.17, 15) is 13.2 Å². The Balaban J connectivity index is 2.20. The molecule has 15 heteroatoms. The van der Waals surface area contributed by atoms with Crippen LogP contribution in [0.4, 0.5) is 0 Å². The molecule has 0 amide bonds. The number of nitrogens with zero attached hydrogens (tertiary/aromatic N) is 3. The molecule has 12 nitrogen and oxygen atoms in total. The van der Waals surface area contributed by atoms with Crippen LogP contribution in [0.2, 0.25) is 36.3 Å². The Labute approximate surface area is 233 Å². The molecule has 2 aliphatic heterocycles. The van der Waals surface area contributed by atoms with E-state index < -0.39 is 56.8 Å². The van der Waals surface area contributed by atoms with Gasteiger partial charge in [0.05, 0.1) is 30.5 Å². The maximum absolute atomic E-state index is 12.9. The highest BCUT2D eigenvalue weighted by Crippen LogP contribution is 2.52. The van der Waals surface area contributed by atoms with Crippen molar-refractivity contribution in [2.24, 2.45) is 5.73 Å². The zero-order chi connectivity index (χ0) is 29.8. The van der Waals surface area contributed by atoms with Crippen molar-refractivity contribution in [2.45, 2.75) is 109 Å². The normalized spacial score (nSPS) is 27.7. The van der Waals surface area contributed by atoms with E-state index in [1.54, 1.807) is 6.92 Å². The van der Waals surface area contributed by atoms with Gasteiger partial charge in [-0.05, 0) is 43.2 Å². The third-order valence-corrected chi connectivity index (χ3v) is 18.4. The zero-order valence-electron chi connectivity index (χ0n) is 24.9. The van der Waals surface area contributed by atoms with Crippen molar-refractivity contribution in [1.29, 1.82) is 0 Å². The zero-order valence-corrected chi connectivity index (χ0v) is 27.7. The molecule has 0 radical (unpaired) electrons. The van der Waals surface area contributed by atoms with E-state index in [-0.39, 0.29) is 34.7 Å². The number of aromatic nitrogens is 3. The minimum absolute atomic E-state index is 0.0160. The van der Waals surface area contributed by atoms with Gasteiger partial charge in [0.15, 0.2) is 34.2 Å². The van der Waals surface area contributed by atoms with Crippen molar-refractivity contribution < 1.29 is 35.7 Å². The number of esters is 1. The van der Waals surface area contributed by atoms with E-state index >= 15 is 0 Å². The van der Waals surface area contributed by atoms with Gasteiger partial charge in [0.1, 0.15) is 12.2 Å². The second-order valence-electron chi connectivity index (χ2n) is 13.1. The van der Waals surface area contributed by atoms with Crippen LogP contribution in [0.25, 0.3) is 0 Å². The average molecular weight is 605 g/mol. The Morgan fingerprint density at radius 1 is 1.13 bits per heavy atom. The summed E-state index contributed by atoms with van der Waals surface area (Å²) in [5, 5.41) is 8.54. The van der Waals surface area contributed by atoms with Crippen molar-refractivity contribution in [3.8, 4) is 0 Å². The Morgan fingerprint density at radius 2 is 1.72 bits per heavy atom. The highest BCUT2D eigenvalue weighted by Gasteiger charge is 2.67. The number of hydrogen-bond acceptors (Lipinski definition) is 11. The largest absolute Gasteiger partial charge is 0.461 e. The standard InChI is InChI=1S/C24H44N4O8SSi2/c1-12-32-21(29)16-13-26-27-28(16)20-19(35-39(10,11)23(5,6)7)24(17(25)15-37(30,31)36-24)18(34-20)14-33-38(8,9)22(2,3)4/h13,15,18-20H,12,14,25H2,1-11H3. The first-order valence-electron chi connectivity index (χ1n) is 13.1. The summed E-state index contributed by atoms with van der Waals surface area (Å²) >= 11 is 0. The Hall–Kier alpha value is -1.63. The summed E-state index contributed by atoms with van der Waals surface area (Å²) in [5.74, 6) is -0.657. The average Bonchev–Trinajstić information content (AvgIpc) is 3.41. The SMILES string of the molecule is CCOC(=O)c1cnnn1C1OC(CO[Si](C)(C)C(C)(C)C)C2(OS(=O)(=O)C=C2N)C1O[Si](C)(C)C(C)(C)C. The van der Waals surface area contributed by atoms with Crippen molar-refractivity contribution in [2.75, 3.05) is 13.2 Å². The number of carbonyl (C=O) groups is 1. The third kappa shape index (κ3) is 5.90. The van der Waals surface area contributed by atoms with Gasteiger partial charge in [0.2, 0.25) is 0 Å². The summed E-state index contributed by atoms with van der Waals surface area (Å²) < 4.78 is 57.8. The predicted molar refractivity (Wildman–Crippen MR) is 150 cm³/mol. The van der Waals surface area contributed by atoms with Crippen LogP contribution in [-0.4, -0.2) is 77.0 Å². The third-order valence-electron chi connectivity index (χ3n) is 8.37. The molecule has 1 fully saturated rings. The molecule has 3 heterocycles. The summed E-state index contributed by atoms with van der Waals surface area (Å²) in [5.41, 5.74) is 4.69. The van der Waals surface area contributed by atoms with Crippen molar-refractivity contribution in [3.05, 3.63) is 23.0 Å². The van der Waals surface area contributed by atoms with Gasteiger partial charge in [-0.15, -0.1) is 5.10 Å². The first kappa shape index (κ1) is 31.9. The molecule has 1 spiro atoms. The van der Waals surface area contributed by atoms with Crippen LogP contribution in [-0.2, 0) is 32.6 Å². The van der Waals surface area contributed by atoms with E-state index in [4.69, 9.17) is 28.2 Å². The predicted octanol–water partition coefficient (Wildman–Crippen LogP) is 3.66. The Bertz CT molecular complexity index is 1220. The quantitative estimate of drug-likeness (QED) is 0.263. The molecule has 2 aliphatic rings. The van der Waals surface area contributed by atoms with E-state index in [1.807, 2.05) is 13.1 Å². The number of ether oxygens (including phenoxy) is 2. The van der Waals surface area contributed by atoms with Crippen LogP contribution in [0.15, 0.2) is 17.3 Å². The first-order valence-corrected chi connectivity index (χ1v) is 20.4. The monoisotopic (exact) mass is 604 g/mol. The molecule has 1 aromatic rings. The van der Waals surface area contributed by atoms with Crippen LogP contribution in [0.1, 0.15) is 65.2 Å². The van der Waals surface area contributed by atoms with Crippen LogP contribution in [0.3, 0.4) is 0 Å². The van der Waals surface area contributed by atoms with Crippen LogP contribution in [0, 0.1) is 0 Å². The maximum Gasteiger partial charge on any atom is 0.358 e. The van der Waals surface area contributed by atoms with Gasteiger partial charge in [-0.1, -0.05) is 46.8 Å². The van der Waals surface area contributed by atoms with Crippen LogP contribution < -0.4 is 5.73 Å². The van der Waals surface area contributed by atoms with E-state index in [2.05, 4.69) is 64.9 Å². The fourth-order valence-electron chi connectivity index (χ4n) is 3.97. The van der Waals surface area contributed by atoms with E-state index in [0.29, 0.717) is 0 Å². The summed E-state index contributed by atoms with van der Waals surface area (Å²) in [6.07, 6.45) is -1.95. The highest BCUT2D eigenvalue weighted by atomic mass is 32.2. The number of rotatable bonds is 8. The number of nitrogens with two attached hydrogens (primary N) is 1.